The van der Waals surface area contributed by atoms with E-state index in [-0.39, 0.29) is 31.9 Å². The molecule has 0 bridgehead atoms. The molecule has 310 valence electrons. The Labute approximate surface area is 371 Å². The molecule has 60 heavy (non-hydrogen) atoms. The zero-order valence-electron chi connectivity index (χ0n) is 36.6. The van der Waals surface area contributed by atoms with Crippen molar-refractivity contribution in [2.75, 3.05) is 0 Å². The predicted molar refractivity (Wildman–Crippen MR) is 242 cm³/mol. The Morgan fingerprint density at radius 3 is 2.02 bits per heavy atom. The molecule has 0 aliphatic carbocycles. The van der Waals surface area contributed by atoms with Gasteiger partial charge in [0.1, 0.15) is 5.82 Å². The predicted octanol–water partition coefficient (Wildman–Crippen LogP) is 13.1. The van der Waals surface area contributed by atoms with Crippen molar-refractivity contribution in [3.8, 4) is 39.8 Å². The molecule has 0 N–H and O–H groups in total. The molecule has 5 aromatic carbocycles. The van der Waals surface area contributed by atoms with Gasteiger partial charge in [0.05, 0.1) is 11.4 Å². The average molecular weight is 972 g/mol. The monoisotopic (exact) mass is 971 g/mol. The minimum Gasteiger partial charge on any atom is -0.510 e. The number of fused-ring (bicyclic) bond motifs is 3. The fourth-order valence-electron chi connectivity index (χ4n) is 8.07. The number of hydrogen-bond donors (Lipinski definition) is 0. The average Bonchev–Trinajstić information content (AvgIpc) is 3.78. The summed E-state index contributed by atoms with van der Waals surface area (Å²) in [4.78, 5) is 4.87. The van der Waals surface area contributed by atoms with Gasteiger partial charge in [0.15, 0.2) is 0 Å². The standard InChI is InChI=1S/C54H56N4O.Pt/c1-36(2)24-38-26-39(25-37(3)4)28-43(27-38)56-34-51(54(8,9)10)57(35-56)44-29-41(40-16-12-11-13-17-40)30-46(32-44)59-45-20-21-48-47-18-14-15-19-49(47)58(50(48)33-45)52-31-42(22-23-55-52)53(5,6)7;/h11-23,26-31,34,36-37H,24-25H2,1-10H3;/q-2;. The Bertz CT molecular complexity index is 2750. The maximum absolute atomic E-state index is 6.82. The van der Waals surface area contributed by atoms with Gasteiger partial charge in [0.25, 0.3) is 6.33 Å². The fourth-order valence-corrected chi connectivity index (χ4v) is 8.07. The van der Waals surface area contributed by atoms with Gasteiger partial charge < -0.3 is 13.9 Å². The van der Waals surface area contributed by atoms with E-state index in [1.54, 1.807) is 0 Å². The van der Waals surface area contributed by atoms with Crippen LogP contribution in [0.5, 0.6) is 11.5 Å². The zero-order chi connectivity index (χ0) is 41.6. The Balaban J connectivity index is 0.00000544. The van der Waals surface area contributed by atoms with Gasteiger partial charge in [-0.2, -0.15) is 12.1 Å². The zero-order valence-corrected chi connectivity index (χ0v) is 38.9. The molecule has 0 atom stereocenters. The second-order valence-electron chi connectivity index (χ2n) is 19.0. The Kier molecular flexibility index (Phi) is 12.2. The third-order valence-electron chi connectivity index (χ3n) is 10.9. The van der Waals surface area contributed by atoms with Gasteiger partial charge in [-0.15, -0.1) is 35.2 Å². The van der Waals surface area contributed by atoms with Gasteiger partial charge in [-0.1, -0.05) is 140 Å². The molecular formula is C54H56N4OPt-2. The molecule has 8 aromatic rings. The van der Waals surface area contributed by atoms with Crippen molar-refractivity contribution in [3.05, 3.63) is 162 Å². The summed E-state index contributed by atoms with van der Waals surface area (Å²) in [6.07, 6.45) is 9.96. The van der Waals surface area contributed by atoms with Crippen LogP contribution < -0.4 is 9.30 Å². The summed E-state index contributed by atoms with van der Waals surface area (Å²) < 4.78 is 13.4. The second-order valence-corrected chi connectivity index (χ2v) is 19.0. The van der Waals surface area contributed by atoms with Gasteiger partial charge in [0, 0.05) is 50.5 Å². The maximum Gasteiger partial charge on any atom is 0.267 e. The van der Waals surface area contributed by atoms with E-state index < -0.39 is 0 Å². The summed E-state index contributed by atoms with van der Waals surface area (Å²) >= 11 is 0. The van der Waals surface area contributed by atoms with Crippen LogP contribution >= 0.6 is 0 Å². The van der Waals surface area contributed by atoms with Crippen LogP contribution in [0.4, 0.5) is 0 Å². The molecular weight excluding hydrogens is 916 g/mol. The van der Waals surface area contributed by atoms with E-state index in [2.05, 4.69) is 205 Å². The molecule has 0 radical (unpaired) electrons. The normalized spacial score (nSPS) is 12.1. The van der Waals surface area contributed by atoms with E-state index in [4.69, 9.17) is 9.72 Å². The van der Waals surface area contributed by atoms with E-state index in [9.17, 15) is 0 Å². The van der Waals surface area contributed by atoms with Gasteiger partial charge in [-0.3, -0.25) is 4.57 Å². The number of aromatic nitrogens is 4. The first-order chi connectivity index (χ1) is 28.1. The van der Waals surface area contributed by atoms with Crippen molar-refractivity contribution in [1.82, 2.24) is 14.1 Å². The SMILES string of the molecule is CC(C)Cc1cc(CC(C)C)cc(-[n+]2[c-]n(-c3[c-]c(Oc4[c-]c5c(cc4)c4ccccc4n5-c4cc(C(C)(C)C)ccn4)cc(-c4ccccc4)c3)c(C(C)(C)C)c2)c1.[Pt]. The molecule has 0 saturated carbocycles. The quantitative estimate of drug-likeness (QED) is 0.101. The van der Waals surface area contributed by atoms with E-state index >= 15 is 0 Å². The van der Waals surface area contributed by atoms with Crippen LogP contribution in [0.3, 0.4) is 0 Å². The number of pyridine rings is 1. The van der Waals surface area contributed by atoms with Crippen molar-refractivity contribution in [2.24, 2.45) is 11.8 Å². The molecule has 3 heterocycles. The summed E-state index contributed by atoms with van der Waals surface area (Å²) in [7, 11) is 0. The summed E-state index contributed by atoms with van der Waals surface area (Å²) in [6.45, 7) is 22.6. The number of rotatable bonds is 10. The van der Waals surface area contributed by atoms with Crippen molar-refractivity contribution in [3.63, 3.8) is 0 Å². The fraction of sp³-hybridized carbons (Fsp3) is 0.296. The van der Waals surface area contributed by atoms with Crippen LogP contribution in [0, 0.1) is 30.3 Å². The number of para-hydroxylation sites is 1. The first-order valence-corrected chi connectivity index (χ1v) is 21.0. The number of ether oxygens (including phenoxy) is 1. The first-order valence-electron chi connectivity index (χ1n) is 21.0. The molecule has 0 unspecified atom stereocenters. The summed E-state index contributed by atoms with van der Waals surface area (Å²) in [5, 5.41) is 2.24. The summed E-state index contributed by atoms with van der Waals surface area (Å²) in [5.41, 5.74) is 10.9. The minimum absolute atomic E-state index is 0. The minimum atomic E-state index is -0.194. The molecule has 6 heteroatoms. The van der Waals surface area contributed by atoms with Gasteiger partial charge in [-0.25, -0.2) is 4.98 Å². The van der Waals surface area contributed by atoms with Crippen molar-refractivity contribution >= 4 is 21.8 Å². The smallest absolute Gasteiger partial charge is 0.267 e. The van der Waals surface area contributed by atoms with Crippen molar-refractivity contribution in [2.45, 2.75) is 92.9 Å². The molecule has 0 aliphatic heterocycles. The van der Waals surface area contributed by atoms with Crippen molar-refractivity contribution < 1.29 is 30.4 Å². The second kappa shape index (κ2) is 17.0. The molecule has 0 saturated heterocycles. The van der Waals surface area contributed by atoms with E-state index in [0.717, 1.165) is 68.7 Å². The van der Waals surface area contributed by atoms with Crippen LogP contribution in [0.1, 0.15) is 91.6 Å². The number of benzene rings is 5. The molecule has 0 spiro atoms. The van der Waals surface area contributed by atoms with Crippen LogP contribution in [0.25, 0.3) is 50.1 Å². The Morgan fingerprint density at radius 2 is 1.35 bits per heavy atom. The Morgan fingerprint density at radius 1 is 0.667 bits per heavy atom. The molecule has 0 fully saturated rings. The van der Waals surface area contributed by atoms with E-state index in [0.29, 0.717) is 23.3 Å². The third-order valence-corrected chi connectivity index (χ3v) is 10.9. The van der Waals surface area contributed by atoms with Crippen LogP contribution in [0.15, 0.2) is 122 Å². The van der Waals surface area contributed by atoms with Crippen molar-refractivity contribution in [1.29, 1.82) is 0 Å². The summed E-state index contributed by atoms with van der Waals surface area (Å²) in [5.74, 6) is 3.18. The first kappa shape index (κ1) is 42.9. The van der Waals surface area contributed by atoms with Crippen LogP contribution in [-0.2, 0) is 44.7 Å². The van der Waals surface area contributed by atoms with Gasteiger partial charge in [-0.05, 0) is 88.0 Å². The maximum atomic E-state index is 6.82. The van der Waals surface area contributed by atoms with Gasteiger partial charge in [0.2, 0.25) is 0 Å². The topological polar surface area (TPSA) is 35.9 Å². The number of hydrogen-bond acceptors (Lipinski definition) is 2. The molecule has 0 aliphatic rings. The van der Waals surface area contributed by atoms with Crippen LogP contribution in [0.2, 0.25) is 0 Å². The van der Waals surface area contributed by atoms with E-state index in [1.807, 2.05) is 18.3 Å². The molecule has 5 nitrogen and oxygen atoms in total. The Hall–Kier alpha value is -5.25. The van der Waals surface area contributed by atoms with E-state index in [1.165, 1.54) is 16.7 Å². The third kappa shape index (κ3) is 9.08. The largest absolute Gasteiger partial charge is 0.510 e. The summed E-state index contributed by atoms with van der Waals surface area (Å²) in [6, 6.07) is 46.0. The molecule has 0 amide bonds. The molecule has 3 aromatic heterocycles. The van der Waals surface area contributed by atoms with Crippen LogP contribution in [-0.4, -0.2) is 14.1 Å². The number of imidazole rings is 1. The number of nitrogens with zero attached hydrogens (tertiary/aromatic N) is 4. The van der Waals surface area contributed by atoms with Gasteiger partial charge >= 0.3 is 0 Å². The molecule has 8 rings (SSSR count).